The molecule has 2 unspecified atom stereocenters. The summed E-state index contributed by atoms with van der Waals surface area (Å²) in [6.45, 7) is 0. The van der Waals surface area contributed by atoms with E-state index < -0.39 is 0 Å². The number of Topliss-reactive ketones (excluding diaryl/α,β-unsaturated/α-hetero) is 1. The molecule has 0 fully saturated rings. The fourth-order valence-electron chi connectivity index (χ4n) is 4.53. The van der Waals surface area contributed by atoms with Gasteiger partial charge in [-0.15, -0.1) is 11.3 Å². The third kappa shape index (κ3) is 3.74. The number of benzene rings is 2. The third-order valence-electron chi connectivity index (χ3n) is 6.07. The maximum Gasteiger partial charge on any atom is 0.163 e. The van der Waals surface area contributed by atoms with Crippen LogP contribution in [0.15, 0.2) is 65.9 Å². The van der Waals surface area contributed by atoms with E-state index in [2.05, 4.69) is 10.6 Å². The zero-order chi connectivity index (χ0) is 22.2. The SMILES string of the molecule is COc1ccc(C2CC(=O)C3=C(C2)Nc2ccccc2NC3c2ccc(Cl)s2)cc1OC. The first kappa shape index (κ1) is 20.9. The molecule has 0 radical (unpaired) electrons. The van der Waals surface area contributed by atoms with Crippen LogP contribution in [0.4, 0.5) is 11.4 Å². The van der Waals surface area contributed by atoms with E-state index in [1.807, 2.05) is 54.6 Å². The average molecular weight is 467 g/mol. The number of allylic oxidation sites excluding steroid dienone is 1. The first-order valence-electron chi connectivity index (χ1n) is 10.4. The van der Waals surface area contributed by atoms with Gasteiger partial charge < -0.3 is 20.1 Å². The van der Waals surface area contributed by atoms with Gasteiger partial charge in [-0.3, -0.25) is 4.79 Å². The highest BCUT2D eigenvalue weighted by atomic mass is 35.5. The first-order chi connectivity index (χ1) is 15.6. The molecule has 2 N–H and O–H groups in total. The highest BCUT2D eigenvalue weighted by Crippen LogP contribution is 2.46. The van der Waals surface area contributed by atoms with Gasteiger partial charge in [-0.25, -0.2) is 0 Å². The lowest BCUT2D eigenvalue weighted by Crippen LogP contribution is -2.26. The van der Waals surface area contributed by atoms with Crippen molar-refractivity contribution >= 4 is 40.1 Å². The molecule has 3 aromatic rings. The second-order valence-electron chi connectivity index (χ2n) is 7.92. The predicted octanol–water partition coefficient (Wildman–Crippen LogP) is 6.40. The largest absolute Gasteiger partial charge is 0.493 e. The lowest BCUT2D eigenvalue weighted by molar-refractivity contribution is -0.116. The number of hydrogen-bond donors (Lipinski definition) is 2. The molecule has 2 heterocycles. The van der Waals surface area contributed by atoms with Crippen molar-refractivity contribution in [2.45, 2.75) is 24.8 Å². The van der Waals surface area contributed by atoms with Crippen molar-refractivity contribution in [3.8, 4) is 11.5 Å². The number of hydrogen-bond acceptors (Lipinski definition) is 6. The summed E-state index contributed by atoms with van der Waals surface area (Å²) in [5.41, 5.74) is 4.73. The molecule has 0 saturated carbocycles. The van der Waals surface area contributed by atoms with Crippen LogP contribution in [-0.2, 0) is 4.79 Å². The van der Waals surface area contributed by atoms with Crippen molar-refractivity contribution < 1.29 is 14.3 Å². The van der Waals surface area contributed by atoms with Gasteiger partial charge in [0.15, 0.2) is 17.3 Å². The molecule has 0 spiro atoms. The summed E-state index contributed by atoms with van der Waals surface area (Å²) in [5, 5.41) is 7.14. The number of rotatable bonds is 4. The van der Waals surface area contributed by atoms with Gasteiger partial charge in [-0.05, 0) is 54.3 Å². The number of carbonyl (C=O) groups excluding carboxylic acids is 1. The van der Waals surface area contributed by atoms with E-state index in [1.54, 1.807) is 14.2 Å². The molecule has 0 bridgehead atoms. The van der Waals surface area contributed by atoms with E-state index in [0.29, 0.717) is 22.3 Å². The number of thiophene rings is 1. The Labute approximate surface area is 196 Å². The summed E-state index contributed by atoms with van der Waals surface area (Å²) in [7, 11) is 3.25. The Morgan fingerprint density at radius 3 is 2.47 bits per heavy atom. The zero-order valence-corrected chi connectivity index (χ0v) is 19.3. The Bertz CT molecular complexity index is 1220. The Balaban J connectivity index is 1.57. The first-order valence-corrected chi connectivity index (χ1v) is 11.6. The molecule has 2 atom stereocenters. The highest BCUT2D eigenvalue weighted by molar-refractivity contribution is 7.16. The van der Waals surface area contributed by atoms with E-state index >= 15 is 0 Å². The van der Waals surface area contributed by atoms with Crippen molar-refractivity contribution in [2.24, 2.45) is 0 Å². The Morgan fingerprint density at radius 2 is 1.75 bits per heavy atom. The lowest BCUT2D eigenvalue weighted by atomic mass is 9.79. The van der Waals surface area contributed by atoms with Gasteiger partial charge in [0.25, 0.3) is 0 Å². The van der Waals surface area contributed by atoms with Gasteiger partial charge in [0, 0.05) is 22.6 Å². The number of nitrogens with one attached hydrogen (secondary N) is 2. The zero-order valence-electron chi connectivity index (χ0n) is 17.8. The van der Waals surface area contributed by atoms with Gasteiger partial charge >= 0.3 is 0 Å². The molecule has 0 amide bonds. The number of fused-ring (bicyclic) bond motifs is 1. The molecule has 1 aliphatic carbocycles. The van der Waals surface area contributed by atoms with Crippen molar-refractivity contribution in [3.05, 3.63) is 80.6 Å². The topological polar surface area (TPSA) is 59.6 Å². The molecule has 1 aliphatic heterocycles. The van der Waals surface area contributed by atoms with E-state index in [0.717, 1.165) is 39.5 Å². The quantitative estimate of drug-likeness (QED) is 0.466. The number of para-hydroxylation sites is 2. The monoisotopic (exact) mass is 466 g/mol. The molecule has 32 heavy (non-hydrogen) atoms. The third-order valence-corrected chi connectivity index (χ3v) is 7.36. The summed E-state index contributed by atoms with van der Waals surface area (Å²) < 4.78 is 11.6. The van der Waals surface area contributed by atoms with Gasteiger partial charge in [0.1, 0.15) is 0 Å². The summed E-state index contributed by atoms with van der Waals surface area (Å²) in [4.78, 5) is 14.6. The average Bonchev–Trinajstić information content (AvgIpc) is 3.16. The van der Waals surface area contributed by atoms with Crippen LogP contribution in [-0.4, -0.2) is 20.0 Å². The maximum atomic E-state index is 13.6. The lowest BCUT2D eigenvalue weighted by Gasteiger charge is -2.29. The van der Waals surface area contributed by atoms with E-state index in [1.165, 1.54) is 11.3 Å². The summed E-state index contributed by atoms with van der Waals surface area (Å²) in [6.07, 6.45) is 1.16. The van der Waals surface area contributed by atoms with Crippen LogP contribution in [0, 0.1) is 0 Å². The number of anilines is 2. The normalized spacial score (nSPS) is 19.9. The number of ether oxygens (including phenoxy) is 2. The molecule has 2 aromatic carbocycles. The molecule has 164 valence electrons. The highest BCUT2D eigenvalue weighted by Gasteiger charge is 2.36. The molecule has 5 rings (SSSR count). The predicted molar refractivity (Wildman–Crippen MR) is 129 cm³/mol. The standard InChI is InChI=1S/C25H23ClN2O3S/c1-30-20-8-7-14(13-21(20)31-2)15-11-18-24(19(29)12-15)25(22-9-10-23(26)32-22)28-17-6-4-3-5-16(17)27-18/h3-10,13,15,25,27-28H,11-12H2,1-2H3. The minimum Gasteiger partial charge on any atom is -0.493 e. The molecular formula is C25H23ClN2O3S. The van der Waals surface area contributed by atoms with Crippen LogP contribution in [0.2, 0.25) is 4.34 Å². The summed E-state index contributed by atoms with van der Waals surface area (Å²) >= 11 is 7.74. The fourth-order valence-corrected chi connectivity index (χ4v) is 5.65. The van der Waals surface area contributed by atoms with Gasteiger partial charge in [0.05, 0.1) is 36.0 Å². The van der Waals surface area contributed by atoms with E-state index in [9.17, 15) is 4.79 Å². The van der Waals surface area contributed by atoms with Crippen molar-refractivity contribution in [2.75, 3.05) is 24.9 Å². The van der Waals surface area contributed by atoms with Gasteiger partial charge in [0.2, 0.25) is 0 Å². The van der Waals surface area contributed by atoms with Crippen LogP contribution in [0.5, 0.6) is 11.5 Å². The maximum absolute atomic E-state index is 13.6. The van der Waals surface area contributed by atoms with Crippen molar-refractivity contribution in [1.82, 2.24) is 0 Å². The molecule has 2 aliphatic rings. The fraction of sp³-hybridized carbons (Fsp3) is 0.240. The van der Waals surface area contributed by atoms with E-state index in [-0.39, 0.29) is 17.7 Å². The van der Waals surface area contributed by atoms with Crippen LogP contribution in [0.25, 0.3) is 0 Å². The van der Waals surface area contributed by atoms with Crippen molar-refractivity contribution in [1.29, 1.82) is 0 Å². The summed E-state index contributed by atoms with van der Waals surface area (Å²) in [5.74, 6) is 1.53. The van der Waals surface area contributed by atoms with Gasteiger partial charge in [-0.2, -0.15) is 0 Å². The van der Waals surface area contributed by atoms with Crippen LogP contribution >= 0.6 is 22.9 Å². The number of carbonyl (C=O) groups is 1. The Kier molecular flexibility index (Phi) is 5.57. The van der Waals surface area contributed by atoms with Crippen molar-refractivity contribution in [3.63, 3.8) is 0 Å². The molecular weight excluding hydrogens is 444 g/mol. The molecule has 7 heteroatoms. The molecule has 5 nitrogen and oxygen atoms in total. The number of ketones is 1. The summed E-state index contributed by atoms with van der Waals surface area (Å²) in [6, 6.07) is 17.6. The number of methoxy groups -OCH3 is 2. The molecule has 1 aromatic heterocycles. The van der Waals surface area contributed by atoms with E-state index in [4.69, 9.17) is 21.1 Å². The van der Waals surface area contributed by atoms with Crippen LogP contribution < -0.4 is 20.1 Å². The minimum atomic E-state index is -0.238. The second kappa shape index (κ2) is 8.52. The smallest absolute Gasteiger partial charge is 0.163 e. The van der Waals surface area contributed by atoms with Crippen LogP contribution in [0.1, 0.15) is 35.2 Å². The number of halogens is 1. The second-order valence-corrected chi connectivity index (χ2v) is 9.67. The van der Waals surface area contributed by atoms with Crippen LogP contribution in [0.3, 0.4) is 0 Å². The Hall–Kier alpha value is -2.96. The molecule has 0 saturated heterocycles. The minimum absolute atomic E-state index is 0.0476. The van der Waals surface area contributed by atoms with Gasteiger partial charge in [-0.1, -0.05) is 29.8 Å². The Morgan fingerprint density at radius 1 is 0.969 bits per heavy atom.